The van der Waals surface area contributed by atoms with Gasteiger partial charge in [-0.05, 0) is 37.3 Å². The van der Waals surface area contributed by atoms with Crippen LogP contribution in [0, 0.1) is 16.7 Å². The third-order valence-electron chi connectivity index (χ3n) is 5.47. The molecule has 124 valence electrons. The molecule has 2 aliphatic carbocycles. The zero-order valence-electron chi connectivity index (χ0n) is 13.0. The zero-order valence-corrected chi connectivity index (χ0v) is 13.0. The van der Waals surface area contributed by atoms with Gasteiger partial charge in [-0.15, -0.1) is 0 Å². The Morgan fingerprint density at radius 2 is 1.91 bits per heavy atom. The number of para-hydroxylation sites is 1. The van der Waals surface area contributed by atoms with Crippen LogP contribution in [0.5, 0.6) is 0 Å². The van der Waals surface area contributed by atoms with E-state index >= 15 is 0 Å². The fourth-order valence-corrected chi connectivity index (χ4v) is 4.06. The fraction of sp³-hybridized carbons (Fsp3) is 0.529. The number of hydrogen-bond acceptors (Lipinski definition) is 2. The van der Waals surface area contributed by atoms with Crippen molar-refractivity contribution in [1.29, 1.82) is 0 Å². The van der Waals surface area contributed by atoms with Gasteiger partial charge in [0.05, 0.1) is 11.3 Å². The smallest absolute Gasteiger partial charge is 0.325 e. The van der Waals surface area contributed by atoms with Crippen molar-refractivity contribution in [3.05, 3.63) is 29.8 Å². The number of alkyl halides is 3. The second kappa shape index (κ2) is 4.82. The number of anilines is 1. The summed E-state index contributed by atoms with van der Waals surface area (Å²) in [5.41, 5.74) is -2.95. The molecule has 0 spiro atoms. The van der Waals surface area contributed by atoms with Crippen LogP contribution in [0.4, 0.5) is 18.9 Å². The molecule has 1 aromatic carbocycles. The minimum absolute atomic E-state index is 0.124. The van der Waals surface area contributed by atoms with Crippen molar-refractivity contribution < 1.29 is 22.8 Å². The summed E-state index contributed by atoms with van der Waals surface area (Å²) < 4.78 is 39.1. The third kappa shape index (κ3) is 2.26. The molecule has 1 aromatic rings. The molecule has 1 N–H and O–H groups in total. The van der Waals surface area contributed by atoms with Crippen molar-refractivity contribution >= 4 is 17.4 Å². The van der Waals surface area contributed by atoms with Gasteiger partial charge in [0.15, 0.2) is 5.78 Å². The predicted octanol–water partition coefficient (Wildman–Crippen LogP) is 4.04. The number of halogens is 3. The van der Waals surface area contributed by atoms with Crippen LogP contribution in [-0.2, 0) is 15.8 Å². The van der Waals surface area contributed by atoms with E-state index in [-0.39, 0.29) is 17.4 Å². The number of hydrogen-bond donors (Lipinski definition) is 1. The third-order valence-corrected chi connectivity index (χ3v) is 5.47. The maximum Gasteiger partial charge on any atom is 0.418 e. The summed E-state index contributed by atoms with van der Waals surface area (Å²) >= 11 is 0. The molecule has 2 bridgehead atoms. The number of nitrogens with one attached hydrogen (secondary N) is 1. The topological polar surface area (TPSA) is 46.2 Å². The van der Waals surface area contributed by atoms with Crippen molar-refractivity contribution in [3.8, 4) is 0 Å². The molecule has 6 heteroatoms. The number of rotatable bonds is 2. The number of benzene rings is 1. The summed E-state index contributed by atoms with van der Waals surface area (Å²) in [5, 5.41) is 2.37. The first-order valence-electron chi connectivity index (χ1n) is 7.61. The number of carbonyl (C=O) groups is 2. The van der Waals surface area contributed by atoms with E-state index in [0.29, 0.717) is 12.8 Å². The summed E-state index contributed by atoms with van der Waals surface area (Å²) in [6.45, 7) is 3.63. The van der Waals surface area contributed by atoms with E-state index in [1.807, 2.05) is 13.8 Å². The highest BCUT2D eigenvalue weighted by atomic mass is 19.4. The maximum atomic E-state index is 13.0. The molecule has 0 saturated heterocycles. The van der Waals surface area contributed by atoms with Crippen molar-refractivity contribution in [3.63, 3.8) is 0 Å². The van der Waals surface area contributed by atoms with Gasteiger partial charge >= 0.3 is 6.18 Å². The van der Waals surface area contributed by atoms with Gasteiger partial charge in [0.1, 0.15) is 5.41 Å². The molecule has 2 saturated carbocycles. The van der Waals surface area contributed by atoms with Gasteiger partial charge in [0.25, 0.3) is 0 Å². The van der Waals surface area contributed by atoms with E-state index in [0.717, 1.165) is 12.5 Å². The standard InChI is InChI=1S/C17H18F3NO2/c1-15(2)10-7-8-16(9-10,13(15)22)14(23)21-12-6-4-3-5-11(12)17(18,19)20/h3-6,10H,7-9H2,1-2H3,(H,21,23)/t10-,16-/m1/s1. The van der Waals surface area contributed by atoms with E-state index in [4.69, 9.17) is 0 Å². The molecule has 0 aliphatic heterocycles. The molecule has 3 nitrogen and oxygen atoms in total. The molecule has 3 rings (SSSR count). The largest absolute Gasteiger partial charge is 0.418 e. The predicted molar refractivity (Wildman–Crippen MR) is 78.6 cm³/mol. The molecule has 2 fully saturated rings. The Balaban J connectivity index is 1.91. The Hall–Kier alpha value is -1.85. The summed E-state index contributed by atoms with van der Waals surface area (Å²) in [4.78, 5) is 25.3. The van der Waals surface area contributed by atoms with Gasteiger partial charge in [0.2, 0.25) is 5.91 Å². The van der Waals surface area contributed by atoms with Crippen LogP contribution in [0.15, 0.2) is 24.3 Å². The second-order valence-electron chi connectivity index (χ2n) is 7.07. The Morgan fingerprint density at radius 1 is 1.26 bits per heavy atom. The quantitative estimate of drug-likeness (QED) is 0.834. The van der Waals surface area contributed by atoms with Gasteiger partial charge in [-0.3, -0.25) is 9.59 Å². The molecule has 1 amide bonds. The molecule has 2 atom stereocenters. The second-order valence-corrected chi connectivity index (χ2v) is 7.07. The van der Waals surface area contributed by atoms with Gasteiger partial charge in [-0.2, -0.15) is 13.2 Å². The van der Waals surface area contributed by atoms with Gasteiger partial charge < -0.3 is 5.32 Å². The summed E-state index contributed by atoms with van der Waals surface area (Å²) in [7, 11) is 0. The molecule has 0 unspecified atom stereocenters. The lowest BCUT2D eigenvalue weighted by Crippen LogP contribution is -2.44. The molecular weight excluding hydrogens is 307 g/mol. The van der Waals surface area contributed by atoms with Gasteiger partial charge in [0, 0.05) is 5.41 Å². The number of fused-ring (bicyclic) bond motifs is 2. The van der Waals surface area contributed by atoms with Crippen molar-refractivity contribution in [2.24, 2.45) is 16.7 Å². The van der Waals surface area contributed by atoms with E-state index in [1.165, 1.54) is 18.2 Å². The number of amides is 1. The Kier molecular flexibility index (Phi) is 3.36. The van der Waals surface area contributed by atoms with Crippen LogP contribution in [0.2, 0.25) is 0 Å². The average molecular weight is 325 g/mol. The van der Waals surface area contributed by atoms with Crippen LogP contribution >= 0.6 is 0 Å². The zero-order chi connectivity index (χ0) is 17.0. The van der Waals surface area contributed by atoms with Crippen LogP contribution in [-0.4, -0.2) is 11.7 Å². The molecule has 0 heterocycles. The Bertz CT molecular complexity index is 681. The molecule has 0 aromatic heterocycles. The van der Waals surface area contributed by atoms with E-state index in [2.05, 4.69) is 5.32 Å². The number of Topliss-reactive ketones (excluding diaryl/α,β-unsaturated/α-hetero) is 1. The average Bonchev–Trinajstić information content (AvgIpc) is 2.99. The normalized spacial score (nSPS) is 28.9. The first-order valence-corrected chi connectivity index (χ1v) is 7.61. The van der Waals surface area contributed by atoms with Crippen LogP contribution < -0.4 is 5.32 Å². The maximum absolute atomic E-state index is 13.0. The molecule has 0 radical (unpaired) electrons. The fourth-order valence-electron chi connectivity index (χ4n) is 4.06. The lowest BCUT2D eigenvalue weighted by Gasteiger charge is -2.32. The summed E-state index contributed by atoms with van der Waals surface area (Å²) in [6.07, 6.45) is -2.95. The first kappa shape index (κ1) is 16.0. The van der Waals surface area contributed by atoms with Gasteiger partial charge in [-0.1, -0.05) is 26.0 Å². The highest BCUT2D eigenvalue weighted by molar-refractivity contribution is 6.15. The Morgan fingerprint density at radius 3 is 2.48 bits per heavy atom. The lowest BCUT2D eigenvalue weighted by atomic mass is 9.70. The monoisotopic (exact) mass is 325 g/mol. The Labute approximate surface area is 132 Å². The molecule has 2 aliphatic rings. The minimum Gasteiger partial charge on any atom is -0.325 e. The highest BCUT2D eigenvalue weighted by Crippen LogP contribution is 2.60. The summed E-state index contributed by atoms with van der Waals surface area (Å²) in [5.74, 6) is -0.630. The van der Waals surface area contributed by atoms with E-state index < -0.39 is 28.5 Å². The number of carbonyl (C=O) groups excluding carboxylic acids is 2. The summed E-state index contributed by atoms with van der Waals surface area (Å²) in [6, 6.07) is 4.84. The SMILES string of the molecule is CC1(C)C(=O)[C@@]2(C(=O)Nc3ccccc3C(F)(F)F)CC[C@@H]1C2. The highest BCUT2D eigenvalue weighted by Gasteiger charge is 2.65. The minimum atomic E-state index is -4.56. The number of ketones is 1. The van der Waals surface area contributed by atoms with Crippen LogP contribution in [0.3, 0.4) is 0 Å². The van der Waals surface area contributed by atoms with Crippen molar-refractivity contribution in [2.75, 3.05) is 5.32 Å². The lowest BCUT2D eigenvalue weighted by molar-refractivity contribution is -0.142. The molecule has 23 heavy (non-hydrogen) atoms. The molecular formula is C17H18F3NO2. The van der Waals surface area contributed by atoms with Crippen molar-refractivity contribution in [2.45, 2.75) is 39.3 Å². The van der Waals surface area contributed by atoms with Gasteiger partial charge in [-0.25, -0.2) is 0 Å². The van der Waals surface area contributed by atoms with E-state index in [9.17, 15) is 22.8 Å². The van der Waals surface area contributed by atoms with E-state index in [1.54, 1.807) is 0 Å². The first-order chi connectivity index (χ1) is 10.6. The van der Waals surface area contributed by atoms with Crippen LogP contribution in [0.25, 0.3) is 0 Å². The van der Waals surface area contributed by atoms with Crippen molar-refractivity contribution in [1.82, 2.24) is 0 Å². The van der Waals surface area contributed by atoms with Crippen LogP contribution in [0.1, 0.15) is 38.7 Å².